The first-order valence-corrected chi connectivity index (χ1v) is 12.4. The molecule has 2 aliphatic rings. The highest BCUT2D eigenvalue weighted by Gasteiger charge is 2.20. The molecule has 6 rings (SSSR count). The summed E-state index contributed by atoms with van der Waals surface area (Å²) in [6.45, 7) is 8.96. The number of anilines is 1. The minimum absolute atomic E-state index is 0.301. The molecule has 9 heteroatoms. The van der Waals surface area contributed by atoms with Gasteiger partial charge in [0.05, 0.1) is 49.0 Å². The normalized spacial score (nSPS) is 16.6. The highest BCUT2D eigenvalue weighted by atomic mass is 19.1. The maximum absolute atomic E-state index is 14.9. The van der Waals surface area contributed by atoms with Crippen LogP contribution in [0.15, 0.2) is 55.1 Å². The summed E-state index contributed by atoms with van der Waals surface area (Å²) in [5.41, 5.74) is 4.13. The van der Waals surface area contributed by atoms with Crippen LogP contribution in [0.1, 0.15) is 30.0 Å². The molecule has 0 amide bonds. The SMILES string of the molecule is CC1COC1.Cc1nccnc1C(O)c1ccc(F)c(-c2ncnc3cc(N4CCOCC4)ccc23)c1. The predicted molar refractivity (Wildman–Crippen MR) is 139 cm³/mol. The average Bonchev–Trinajstić information content (AvgIpc) is 2.92. The lowest BCUT2D eigenvalue weighted by Crippen LogP contribution is -2.36. The molecule has 0 spiro atoms. The van der Waals surface area contributed by atoms with Gasteiger partial charge in [0.1, 0.15) is 18.2 Å². The molecule has 37 heavy (non-hydrogen) atoms. The van der Waals surface area contributed by atoms with Crippen molar-refractivity contribution in [2.45, 2.75) is 20.0 Å². The number of aromatic nitrogens is 4. The van der Waals surface area contributed by atoms with E-state index in [1.54, 1.807) is 25.3 Å². The molecule has 0 aliphatic carbocycles. The summed E-state index contributed by atoms with van der Waals surface area (Å²) in [7, 11) is 0. The van der Waals surface area contributed by atoms with E-state index in [-0.39, 0.29) is 0 Å². The zero-order valence-electron chi connectivity index (χ0n) is 21.0. The number of fused-ring (bicyclic) bond motifs is 1. The van der Waals surface area contributed by atoms with Crippen LogP contribution >= 0.6 is 0 Å². The molecule has 2 saturated heterocycles. The highest BCUT2D eigenvalue weighted by Crippen LogP contribution is 2.33. The Morgan fingerprint density at radius 2 is 1.73 bits per heavy atom. The van der Waals surface area contributed by atoms with Crippen molar-refractivity contribution < 1.29 is 19.0 Å². The molecule has 0 saturated carbocycles. The van der Waals surface area contributed by atoms with E-state index in [0.717, 1.165) is 48.8 Å². The van der Waals surface area contributed by atoms with Crippen molar-refractivity contribution in [2.75, 3.05) is 44.4 Å². The topological polar surface area (TPSA) is 93.5 Å². The van der Waals surface area contributed by atoms with Gasteiger partial charge in [0.15, 0.2) is 0 Å². The van der Waals surface area contributed by atoms with E-state index in [1.807, 2.05) is 18.2 Å². The Hall–Kier alpha value is -3.53. The lowest BCUT2D eigenvalue weighted by Gasteiger charge is -2.29. The average molecular weight is 504 g/mol. The second kappa shape index (κ2) is 11.2. The van der Waals surface area contributed by atoms with Crippen LogP contribution in [0.2, 0.25) is 0 Å². The number of ether oxygens (including phenoxy) is 2. The number of aliphatic hydroxyl groups excluding tert-OH is 1. The highest BCUT2D eigenvalue weighted by molar-refractivity contribution is 5.94. The van der Waals surface area contributed by atoms with Gasteiger partial charge in [0.25, 0.3) is 0 Å². The molecule has 1 atom stereocenters. The van der Waals surface area contributed by atoms with Gasteiger partial charge in [-0.25, -0.2) is 14.4 Å². The standard InChI is InChI=1S/C24H22FN5O2.C4H8O/c1-15-22(27-7-6-26-15)24(31)16-2-5-20(25)19(12-16)23-18-4-3-17(13-21(18)28-14-29-23)30-8-10-32-11-9-30;1-4-2-5-3-4/h2-7,12-14,24,31H,8-11H2,1H3;4H,2-3H2,1H3. The first kappa shape index (κ1) is 25.1. The number of aliphatic hydroxyl groups is 1. The molecule has 0 bridgehead atoms. The van der Waals surface area contributed by atoms with Gasteiger partial charge in [-0.05, 0) is 42.8 Å². The molecule has 2 fully saturated rings. The molecule has 1 N–H and O–H groups in total. The molecule has 2 aromatic heterocycles. The molecule has 4 heterocycles. The number of hydrogen-bond acceptors (Lipinski definition) is 8. The van der Waals surface area contributed by atoms with Crippen LogP contribution in [-0.4, -0.2) is 64.6 Å². The monoisotopic (exact) mass is 503 g/mol. The lowest BCUT2D eigenvalue weighted by molar-refractivity contribution is -0.0221. The van der Waals surface area contributed by atoms with Gasteiger partial charge in [-0.1, -0.05) is 13.0 Å². The van der Waals surface area contributed by atoms with E-state index >= 15 is 0 Å². The fourth-order valence-corrected chi connectivity index (χ4v) is 4.37. The van der Waals surface area contributed by atoms with Crippen molar-refractivity contribution in [1.29, 1.82) is 0 Å². The van der Waals surface area contributed by atoms with E-state index in [1.165, 1.54) is 18.6 Å². The number of benzene rings is 2. The Bertz CT molecular complexity index is 1380. The third-order valence-electron chi connectivity index (χ3n) is 6.54. The maximum Gasteiger partial charge on any atom is 0.132 e. The Kier molecular flexibility index (Phi) is 7.64. The van der Waals surface area contributed by atoms with Gasteiger partial charge < -0.3 is 19.5 Å². The third kappa shape index (κ3) is 5.58. The van der Waals surface area contributed by atoms with Gasteiger partial charge >= 0.3 is 0 Å². The van der Waals surface area contributed by atoms with Crippen molar-refractivity contribution in [3.8, 4) is 11.3 Å². The van der Waals surface area contributed by atoms with Crippen LogP contribution < -0.4 is 4.90 Å². The summed E-state index contributed by atoms with van der Waals surface area (Å²) in [5.74, 6) is 0.420. The van der Waals surface area contributed by atoms with Crippen molar-refractivity contribution in [2.24, 2.45) is 5.92 Å². The molecule has 192 valence electrons. The van der Waals surface area contributed by atoms with Crippen molar-refractivity contribution in [1.82, 2.24) is 19.9 Å². The van der Waals surface area contributed by atoms with Crippen molar-refractivity contribution >= 4 is 16.6 Å². The third-order valence-corrected chi connectivity index (χ3v) is 6.54. The summed E-state index contributed by atoms with van der Waals surface area (Å²) in [6.07, 6.45) is 3.51. The van der Waals surface area contributed by atoms with Crippen LogP contribution in [0.4, 0.5) is 10.1 Å². The van der Waals surface area contributed by atoms with Crippen molar-refractivity contribution in [3.05, 3.63) is 77.9 Å². The fraction of sp³-hybridized carbons (Fsp3) is 0.357. The minimum atomic E-state index is -1.02. The van der Waals surface area contributed by atoms with E-state index < -0.39 is 11.9 Å². The van der Waals surface area contributed by atoms with Crippen LogP contribution in [0.25, 0.3) is 22.2 Å². The molecule has 0 radical (unpaired) electrons. The van der Waals surface area contributed by atoms with Gasteiger partial charge in [0.2, 0.25) is 0 Å². The number of morpholine rings is 1. The Morgan fingerprint density at radius 3 is 2.43 bits per heavy atom. The minimum Gasteiger partial charge on any atom is -0.382 e. The molecule has 1 unspecified atom stereocenters. The van der Waals surface area contributed by atoms with Gasteiger partial charge in [-0.3, -0.25) is 9.97 Å². The smallest absolute Gasteiger partial charge is 0.132 e. The molecule has 4 aromatic rings. The summed E-state index contributed by atoms with van der Waals surface area (Å²) in [5, 5.41) is 11.6. The maximum atomic E-state index is 14.9. The number of rotatable bonds is 4. The van der Waals surface area contributed by atoms with E-state index in [9.17, 15) is 9.50 Å². The lowest BCUT2D eigenvalue weighted by atomic mass is 9.98. The van der Waals surface area contributed by atoms with Crippen LogP contribution in [0.5, 0.6) is 0 Å². The number of aryl methyl sites for hydroxylation is 1. The first-order chi connectivity index (χ1) is 18.0. The van der Waals surface area contributed by atoms with E-state index in [2.05, 4.69) is 31.8 Å². The Labute approximate surface area is 215 Å². The molecule has 8 nitrogen and oxygen atoms in total. The molecular weight excluding hydrogens is 473 g/mol. The van der Waals surface area contributed by atoms with Crippen LogP contribution in [0.3, 0.4) is 0 Å². The van der Waals surface area contributed by atoms with Gasteiger partial charge in [0, 0.05) is 48.0 Å². The summed E-state index contributed by atoms with van der Waals surface area (Å²) in [6, 6.07) is 10.4. The van der Waals surface area contributed by atoms with Crippen LogP contribution in [0, 0.1) is 18.7 Å². The molecule has 2 aromatic carbocycles. The summed E-state index contributed by atoms with van der Waals surface area (Å²) < 4.78 is 25.2. The number of halogens is 1. The predicted octanol–water partition coefficient (Wildman–Crippen LogP) is 4.11. The Morgan fingerprint density at radius 1 is 0.973 bits per heavy atom. The van der Waals surface area contributed by atoms with Gasteiger partial charge in [-0.2, -0.15) is 0 Å². The number of nitrogens with zero attached hydrogens (tertiary/aromatic N) is 5. The molecular formula is C28H30FN5O3. The fourth-order valence-electron chi connectivity index (χ4n) is 4.37. The summed E-state index contributed by atoms with van der Waals surface area (Å²) in [4.78, 5) is 19.4. The second-order valence-corrected chi connectivity index (χ2v) is 9.33. The first-order valence-electron chi connectivity index (χ1n) is 12.4. The van der Waals surface area contributed by atoms with E-state index in [0.29, 0.717) is 41.4 Å². The number of hydrogen-bond donors (Lipinski definition) is 1. The molecule has 2 aliphatic heterocycles. The van der Waals surface area contributed by atoms with Crippen LogP contribution in [-0.2, 0) is 9.47 Å². The Balaban J connectivity index is 0.000000503. The van der Waals surface area contributed by atoms with E-state index in [4.69, 9.17) is 9.47 Å². The zero-order chi connectivity index (χ0) is 25.8. The van der Waals surface area contributed by atoms with Gasteiger partial charge in [-0.15, -0.1) is 0 Å². The zero-order valence-corrected chi connectivity index (χ0v) is 21.0. The quantitative estimate of drug-likeness (QED) is 0.445. The second-order valence-electron chi connectivity index (χ2n) is 9.33. The summed E-state index contributed by atoms with van der Waals surface area (Å²) >= 11 is 0. The largest absolute Gasteiger partial charge is 0.382 e. The van der Waals surface area contributed by atoms with Crippen molar-refractivity contribution in [3.63, 3.8) is 0 Å².